The zero-order valence-corrected chi connectivity index (χ0v) is 24.0. The Morgan fingerprint density at radius 1 is 1.11 bits per heavy atom. The number of hydrogen-bond acceptors (Lipinski definition) is 7. The van der Waals surface area contributed by atoms with E-state index in [0.29, 0.717) is 10.2 Å². The number of amides is 1. The largest absolute Gasteiger partial charge is 0.480 e. The van der Waals surface area contributed by atoms with Gasteiger partial charge in [-0.3, -0.25) is 9.59 Å². The summed E-state index contributed by atoms with van der Waals surface area (Å²) < 4.78 is 76.4. The molecule has 0 aliphatic carbocycles. The number of aromatic nitrogens is 2. The molecule has 3 aliphatic heterocycles. The first kappa shape index (κ1) is 29.1. The van der Waals surface area contributed by atoms with E-state index < -0.39 is 69.3 Å². The van der Waals surface area contributed by atoms with Crippen LogP contribution in [0.3, 0.4) is 0 Å². The van der Waals surface area contributed by atoms with E-state index in [0.717, 1.165) is 43.3 Å². The van der Waals surface area contributed by atoms with E-state index in [9.17, 15) is 18.4 Å². The molecule has 2 atom stereocenters. The van der Waals surface area contributed by atoms with Crippen molar-refractivity contribution in [2.75, 3.05) is 6.54 Å². The molecule has 0 saturated carbocycles. The van der Waals surface area contributed by atoms with Gasteiger partial charge in [0.25, 0.3) is 6.43 Å². The van der Waals surface area contributed by atoms with Crippen molar-refractivity contribution in [3.05, 3.63) is 92.4 Å². The monoisotopic (exact) mass is 642 g/mol. The summed E-state index contributed by atoms with van der Waals surface area (Å²) in [6.07, 6.45) is -0.214. The van der Waals surface area contributed by atoms with E-state index in [2.05, 4.69) is 10.4 Å². The number of nitrogens with two attached hydrogens (primary N) is 1. The summed E-state index contributed by atoms with van der Waals surface area (Å²) in [4.78, 5) is 25.6. The van der Waals surface area contributed by atoms with Gasteiger partial charge in [-0.05, 0) is 31.0 Å². The smallest absolute Gasteiger partial charge is 0.313 e. The molecule has 7 rings (SSSR count). The zero-order chi connectivity index (χ0) is 31.6. The van der Waals surface area contributed by atoms with Crippen LogP contribution in [-0.2, 0) is 18.6 Å². The second kappa shape index (κ2) is 10.8. The molecule has 1 saturated heterocycles. The molecule has 3 N–H and O–H groups in total. The number of rotatable bonds is 6. The second-order valence-electron chi connectivity index (χ2n) is 10.9. The summed E-state index contributed by atoms with van der Waals surface area (Å²) >= 11 is 6.55. The number of primary amides is 1. The molecule has 45 heavy (non-hydrogen) atoms. The van der Waals surface area contributed by atoms with Gasteiger partial charge in [-0.15, -0.1) is 0 Å². The van der Waals surface area contributed by atoms with E-state index in [1.54, 1.807) is 0 Å². The lowest BCUT2D eigenvalue weighted by Gasteiger charge is -2.35. The maximum Gasteiger partial charge on any atom is 0.313 e. The number of benzene rings is 3. The molecule has 4 heterocycles. The molecule has 1 aromatic heterocycles. The minimum Gasteiger partial charge on any atom is -0.480 e. The third-order valence-electron chi connectivity index (χ3n) is 8.31. The number of nitrogens with one attached hydrogen (secondary N) is 1. The molecule has 14 heteroatoms. The van der Waals surface area contributed by atoms with Crippen molar-refractivity contribution in [1.82, 2.24) is 15.1 Å². The summed E-state index contributed by atoms with van der Waals surface area (Å²) in [5.74, 6) is -5.08. The fourth-order valence-electron chi connectivity index (χ4n) is 6.34. The zero-order valence-electron chi connectivity index (χ0n) is 23.2. The van der Waals surface area contributed by atoms with Crippen LogP contribution in [0, 0.1) is 11.6 Å². The molecule has 3 aliphatic rings. The van der Waals surface area contributed by atoms with E-state index in [-0.39, 0.29) is 35.3 Å². The summed E-state index contributed by atoms with van der Waals surface area (Å²) in [5, 5.41) is 6.59. The Labute approximate surface area is 257 Å². The molecule has 9 nitrogen and oxygen atoms in total. The van der Waals surface area contributed by atoms with Crippen LogP contribution >= 0.6 is 11.6 Å². The van der Waals surface area contributed by atoms with E-state index in [4.69, 9.17) is 31.5 Å². The molecule has 4 aromatic rings. The van der Waals surface area contributed by atoms with Crippen LogP contribution in [0.2, 0.25) is 5.02 Å². The molecule has 0 unspecified atom stereocenters. The standard InChI is InChI=1S/C31H23ClF4N4O5/c32-25-17(33)10-18-16(11-31(45-18,21-7-4-8-38-21)14-5-2-1-3-6-14)23(25)24-15(29(37)41)9-19-27(26(24)36)44-28-20(43-19)12-39-40(30(28)42)13-22(34)35/h1-3,5-6,9-10,12,21-22,38H,4,7-8,11,13H2,(H2,37,41)/t21-,31-/m0/s1. The Morgan fingerprint density at radius 2 is 1.89 bits per heavy atom. The lowest BCUT2D eigenvalue weighted by molar-refractivity contribution is 0.0539. The first-order valence-corrected chi connectivity index (χ1v) is 14.4. The Hall–Kier alpha value is -4.62. The maximum atomic E-state index is 16.7. The highest BCUT2D eigenvalue weighted by Gasteiger charge is 2.50. The fraction of sp³-hybridized carbons (Fsp3) is 0.258. The van der Waals surface area contributed by atoms with Gasteiger partial charge in [-0.25, -0.2) is 22.2 Å². The van der Waals surface area contributed by atoms with Crippen molar-refractivity contribution in [3.8, 4) is 39.9 Å². The predicted molar refractivity (Wildman–Crippen MR) is 153 cm³/mol. The van der Waals surface area contributed by atoms with Gasteiger partial charge in [0.15, 0.2) is 22.9 Å². The van der Waals surface area contributed by atoms with Crippen molar-refractivity contribution in [2.45, 2.75) is 43.9 Å². The molecule has 1 fully saturated rings. The van der Waals surface area contributed by atoms with Crippen LogP contribution < -0.4 is 30.8 Å². The molecule has 3 aromatic carbocycles. The predicted octanol–water partition coefficient (Wildman–Crippen LogP) is 5.69. The average Bonchev–Trinajstić information content (AvgIpc) is 3.69. The molecule has 0 bridgehead atoms. The highest BCUT2D eigenvalue weighted by Crippen LogP contribution is 2.55. The van der Waals surface area contributed by atoms with Crippen LogP contribution in [0.15, 0.2) is 53.5 Å². The highest BCUT2D eigenvalue weighted by molar-refractivity contribution is 6.34. The topological polar surface area (TPSA) is 118 Å². The van der Waals surface area contributed by atoms with Gasteiger partial charge in [0.1, 0.15) is 18.1 Å². The van der Waals surface area contributed by atoms with Gasteiger partial charge in [-0.2, -0.15) is 5.10 Å². The van der Waals surface area contributed by atoms with Crippen molar-refractivity contribution >= 4 is 17.5 Å². The number of carbonyl (C=O) groups excluding carboxylic acids is 1. The first-order valence-electron chi connectivity index (χ1n) is 14.0. The van der Waals surface area contributed by atoms with Gasteiger partial charge in [0.05, 0.1) is 22.8 Å². The first-order chi connectivity index (χ1) is 21.6. The van der Waals surface area contributed by atoms with Gasteiger partial charge >= 0.3 is 5.56 Å². The Bertz CT molecular complexity index is 1930. The lowest BCUT2D eigenvalue weighted by Crippen LogP contribution is -2.48. The Morgan fingerprint density at radius 3 is 2.58 bits per heavy atom. The molecular formula is C31H23ClF4N4O5. The van der Waals surface area contributed by atoms with Gasteiger partial charge in [0.2, 0.25) is 17.4 Å². The van der Waals surface area contributed by atoms with Crippen molar-refractivity contribution in [2.24, 2.45) is 5.73 Å². The quantitative estimate of drug-likeness (QED) is 0.229. The summed E-state index contributed by atoms with van der Waals surface area (Å²) in [6, 6.07) is 11.3. The number of halogens is 5. The normalized spacial score (nSPS) is 19.7. The highest BCUT2D eigenvalue weighted by atomic mass is 35.5. The number of alkyl halides is 2. The summed E-state index contributed by atoms with van der Waals surface area (Å²) in [6.45, 7) is -0.305. The molecule has 232 valence electrons. The number of carbonyl (C=O) groups is 1. The minimum atomic E-state index is -2.91. The number of nitrogens with zero attached hydrogens (tertiary/aromatic N) is 2. The van der Waals surface area contributed by atoms with Crippen LogP contribution in [0.5, 0.6) is 28.7 Å². The van der Waals surface area contributed by atoms with Crippen LogP contribution in [0.4, 0.5) is 17.6 Å². The van der Waals surface area contributed by atoms with E-state index in [1.165, 1.54) is 0 Å². The summed E-state index contributed by atoms with van der Waals surface area (Å²) in [7, 11) is 0. The van der Waals surface area contributed by atoms with Gasteiger partial charge < -0.3 is 25.3 Å². The van der Waals surface area contributed by atoms with Gasteiger partial charge in [-0.1, -0.05) is 41.9 Å². The number of fused-ring (bicyclic) bond motifs is 3. The van der Waals surface area contributed by atoms with Crippen LogP contribution in [0.1, 0.15) is 34.3 Å². The van der Waals surface area contributed by atoms with Gasteiger partial charge in [0, 0.05) is 29.2 Å². The lowest BCUT2D eigenvalue weighted by atomic mass is 9.80. The van der Waals surface area contributed by atoms with E-state index in [1.807, 2.05) is 30.3 Å². The third kappa shape index (κ3) is 4.60. The maximum absolute atomic E-state index is 16.7. The Balaban J connectivity index is 1.42. The molecule has 1 amide bonds. The van der Waals surface area contributed by atoms with Crippen molar-refractivity contribution in [1.29, 1.82) is 0 Å². The van der Waals surface area contributed by atoms with Crippen LogP contribution in [0.25, 0.3) is 11.1 Å². The van der Waals surface area contributed by atoms with Crippen molar-refractivity contribution in [3.63, 3.8) is 0 Å². The average molecular weight is 643 g/mol. The third-order valence-corrected chi connectivity index (χ3v) is 8.68. The van der Waals surface area contributed by atoms with E-state index >= 15 is 8.78 Å². The minimum absolute atomic E-state index is 0.0977. The molecular weight excluding hydrogens is 620 g/mol. The number of hydrogen-bond donors (Lipinski definition) is 2. The molecule has 0 radical (unpaired) electrons. The number of ether oxygens (including phenoxy) is 3. The SMILES string of the molecule is NC(=O)c1cc2c(c(F)c1-c1c(Cl)c(F)cc3c1C[C@](c1ccccc1)([C@@H]1CCCN1)O3)Oc1c(cnn(CC(F)F)c1=O)O2. The van der Waals surface area contributed by atoms with Crippen LogP contribution in [-0.4, -0.2) is 34.7 Å². The Kier molecular flexibility index (Phi) is 6.97. The summed E-state index contributed by atoms with van der Waals surface area (Å²) in [5.41, 5.74) is 3.60. The fourth-order valence-corrected chi connectivity index (χ4v) is 6.61. The second-order valence-corrected chi connectivity index (χ2v) is 11.3. The molecule has 0 spiro atoms. The van der Waals surface area contributed by atoms with Crippen molar-refractivity contribution < 1.29 is 36.6 Å².